The number of benzene rings is 2. The molecule has 0 spiro atoms. The Bertz CT molecular complexity index is 493. The van der Waals surface area contributed by atoms with Crippen molar-refractivity contribution in [3.05, 3.63) is 69.7 Å². The smallest absolute Gasteiger partial charge is 0.111 e. The minimum Gasteiger partial charge on any atom is -0.385 e. The summed E-state index contributed by atoms with van der Waals surface area (Å²) in [7, 11) is 0. The van der Waals surface area contributed by atoms with E-state index >= 15 is 0 Å². The summed E-state index contributed by atoms with van der Waals surface area (Å²) in [6.45, 7) is 0. The molecule has 0 amide bonds. The molecule has 4 heteroatoms. The quantitative estimate of drug-likeness (QED) is 0.900. The van der Waals surface area contributed by atoms with Crippen LogP contribution in [-0.2, 0) is 0 Å². The van der Waals surface area contributed by atoms with E-state index in [4.69, 9.17) is 23.2 Å². The third kappa shape index (κ3) is 2.68. The molecule has 0 aromatic heterocycles. The van der Waals surface area contributed by atoms with Gasteiger partial charge in [0, 0.05) is 21.2 Å². The molecule has 0 saturated carbocycles. The first-order chi connectivity index (χ1) is 8.61. The Hall–Kier alpha value is -1.06. The first kappa shape index (κ1) is 13.4. The number of hydrogen-bond donors (Lipinski definition) is 2. The maximum atomic E-state index is 10.2. The standard InChI is InChI=1S/C14H12Cl2O2/c15-11-7-3-1-5-9(11)13(17)14(18)10-6-2-4-8-12(10)16/h1-8,13-14,17-18H/t13-,14?/m1/s1. The van der Waals surface area contributed by atoms with Crippen molar-refractivity contribution in [1.29, 1.82) is 0 Å². The molecule has 94 valence electrons. The van der Waals surface area contributed by atoms with Gasteiger partial charge in [0.15, 0.2) is 0 Å². The van der Waals surface area contributed by atoms with Gasteiger partial charge in [0.1, 0.15) is 12.2 Å². The van der Waals surface area contributed by atoms with Crippen LogP contribution in [0.5, 0.6) is 0 Å². The molecule has 0 aliphatic rings. The fourth-order valence-corrected chi connectivity index (χ4v) is 2.27. The van der Waals surface area contributed by atoms with E-state index in [2.05, 4.69) is 0 Å². The summed E-state index contributed by atoms with van der Waals surface area (Å²) in [5.74, 6) is 0. The number of aliphatic hydroxyl groups is 2. The van der Waals surface area contributed by atoms with Gasteiger partial charge in [-0.3, -0.25) is 0 Å². The maximum absolute atomic E-state index is 10.2. The van der Waals surface area contributed by atoms with Gasteiger partial charge in [-0.25, -0.2) is 0 Å². The van der Waals surface area contributed by atoms with Crippen LogP contribution in [0, 0.1) is 0 Å². The lowest BCUT2D eigenvalue weighted by molar-refractivity contribution is 0.0173. The summed E-state index contributed by atoms with van der Waals surface area (Å²) in [4.78, 5) is 0. The van der Waals surface area contributed by atoms with Crippen molar-refractivity contribution < 1.29 is 10.2 Å². The molecule has 2 nitrogen and oxygen atoms in total. The highest BCUT2D eigenvalue weighted by molar-refractivity contribution is 6.31. The first-order valence-corrected chi connectivity index (χ1v) is 6.22. The molecule has 0 radical (unpaired) electrons. The van der Waals surface area contributed by atoms with Crippen molar-refractivity contribution in [3.8, 4) is 0 Å². The molecule has 0 heterocycles. The Balaban J connectivity index is 2.33. The van der Waals surface area contributed by atoms with Crippen molar-refractivity contribution in [2.75, 3.05) is 0 Å². The fraction of sp³-hybridized carbons (Fsp3) is 0.143. The van der Waals surface area contributed by atoms with Crippen molar-refractivity contribution >= 4 is 23.2 Å². The summed E-state index contributed by atoms with van der Waals surface area (Å²) >= 11 is 12.0. The van der Waals surface area contributed by atoms with Crippen LogP contribution in [0.3, 0.4) is 0 Å². The zero-order valence-electron chi connectivity index (χ0n) is 9.42. The van der Waals surface area contributed by atoms with Crippen LogP contribution < -0.4 is 0 Å². The predicted molar refractivity (Wildman–Crippen MR) is 72.8 cm³/mol. The van der Waals surface area contributed by atoms with Crippen LogP contribution in [0.1, 0.15) is 23.3 Å². The van der Waals surface area contributed by atoms with Crippen LogP contribution in [0.4, 0.5) is 0 Å². The lowest BCUT2D eigenvalue weighted by Crippen LogP contribution is -2.11. The zero-order chi connectivity index (χ0) is 13.1. The van der Waals surface area contributed by atoms with Crippen LogP contribution in [0.2, 0.25) is 10.0 Å². The van der Waals surface area contributed by atoms with Crippen LogP contribution in [0.15, 0.2) is 48.5 Å². The molecule has 0 bridgehead atoms. The molecule has 0 aliphatic heterocycles. The van der Waals surface area contributed by atoms with E-state index in [1.54, 1.807) is 48.5 Å². The zero-order valence-corrected chi connectivity index (χ0v) is 10.9. The van der Waals surface area contributed by atoms with Gasteiger partial charge in [-0.05, 0) is 12.1 Å². The van der Waals surface area contributed by atoms with E-state index in [0.29, 0.717) is 21.2 Å². The van der Waals surface area contributed by atoms with Gasteiger partial charge in [-0.2, -0.15) is 0 Å². The first-order valence-electron chi connectivity index (χ1n) is 5.46. The second-order valence-electron chi connectivity index (χ2n) is 3.93. The summed E-state index contributed by atoms with van der Waals surface area (Å²) in [5, 5.41) is 21.1. The average Bonchev–Trinajstić information content (AvgIpc) is 2.38. The van der Waals surface area contributed by atoms with Gasteiger partial charge >= 0.3 is 0 Å². The third-order valence-electron chi connectivity index (χ3n) is 2.75. The molecule has 0 aliphatic carbocycles. The van der Waals surface area contributed by atoms with Gasteiger partial charge < -0.3 is 10.2 Å². The van der Waals surface area contributed by atoms with Gasteiger partial charge in [0.05, 0.1) is 0 Å². The molecule has 2 N–H and O–H groups in total. The van der Waals surface area contributed by atoms with Crippen molar-refractivity contribution in [2.24, 2.45) is 0 Å². The minimum atomic E-state index is -1.11. The number of rotatable bonds is 3. The molecule has 2 atom stereocenters. The highest BCUT2D eigenvalue weighted by Gasteiger charge is 2.23. The molecule has 0 fully saturated rings. The summed E-state index contributed by atoms with van der Waals surface area (Å²) in [5.41, 5.74) is 0.957. The molecule has 18 heavy (non-hydrogen) atoms. The van der Waals surface area contributed by atoms with Gasteiger partial charge in [0.25, 0.3) is 0 Å². The summed E-state index contributed by atoms with van der Waals surface area (Å²) in [6.07, 6.45) is -2.22. The van der Waals surface area contributed by atoms with E-state index in [-0.39, 0.29) is 0 Å². The number of hydrogen-bond acceptors (Lipinski definition) is 2. The van der Waals surface area contributed by atoms with E-state index < -0.39 is 12.2 Å². The molecule has 0 saturated heterocycles. The molecular formula is C14H12Cl2O2. The van der Waals surface area contributed by atoms with Crippen LogP contribution in [-0.4, -0.2) is 10.2 Å². The topological polar surface area (TPSA) is 40.5 Å². The Morgan fingerprint density at radius 1 is 0.667 bits per heavy atom. The van der Waals surface area contributed by atoms with E-state index in [1.165, 1.54) is 0 Å². The lowest BCUT2D eigenvalue weighted by Gasteiger charge is -2.20. The normalized spacial score (nSPS) is 14.2. The second-order valence-corrected chi connectivity index (χ2v) is 4.75. The van der Waals surface area contributed by atoms with Gasteiger partial charge in [-0.15, -0.1) is 0 Å². The van der Waals surface area contributed by atoms with Crippen LogP contribution in [0.25, 0.3) is 0 Å². The monoisotopic (exact) mass is 282 g/mol. The minimum absolute atomic E-state index is 0.413. The maximum Gasteiger partial charge on any atom is 0.111 e. The molecule has 2 rings (SSSR count). The summed E-state index contributed by atoms with van der Waals surface area (Å²) in [6, 6.07) is 13.7. The molecule has 2 aromatic carbocycles. The average molecular weight is 283 g/mol. The molecule has 1 unspecified atom stereocenters. The fourth-order valence-electron chi connectivity index (χ4n) is 1.77. The number of halogens is 2. The SMILES string of the molecule is OC(c1ccccc1Cl)[C@H](O)c1ccccc1Cl. The Morgan fingerprint density at radius 3 is 1.33 bits per heavy atom. The molecule has 2 aromatic rings. The van der Waals surface area contributed by atoms with Gasteiger partial charge in [0.2, 0.25) is 0 Å². The van der Waals surface area contributed by atoms with E-state index in [1.807, 2.05) is 0 Å². The Morgan fingerprint density at radius 2 is 1.00 bits per heavy atom. The van der Waals surface area contributed by atoms with Crippen molar-refractivity contribution in [2.45, 2.75) is 12.2 Å². The van der Waals surface area contributed by atoms with Crippen molar-refractivity contribution in [1.82, 2.24) is 0 Å². The number of aliphatic hydroxyl groups excluding tert-OH is 2. The Kier molecular flexibility index (Phi) is 4.25. The van der Waals surface area contributed by atoms with Crippen LogP contribution >= 0.6 is 23.2 Å². The Labute approximate surface area is 115 Å². The lowest BCUT2D eigenvalue weighted by atomic mass is 9.98. The molecular weight excluding hydrogens is 271 g/mol. The van der Waals surface area contributed by atoms with E-state index in [0.717, 1.165) is 0 Å². The predicted octanol–water partition coefficient (Wildman–Crippen LogP) is 3.76. The summed E-state index contributed by atoms with van der Waals surface area (Å²) < 4.78 is 0. The largest absolute Gasteiger partial charge is 0.385 e. The third-order valence-corrected chi connectivity index (χ3v) is 3.44. The van der Waals surface area contributed by atoms with E-state index in [9.17, 15) is 10.2 Å². The highest BCUT2D eigenvalue weighted by Crippen LogP contribution is 2.35. The van der Waals surface area contributed by atoms with Crippen molar-refractivity contribution in [3.63, 3.8) is 0 Å². The second kappa shape index (κ2) is 5.72. The van der Waals surface area contributed by atoms with Gasteiger partial charge in [-0.1, -0.05) is 59.6 Å². The highest BCUT2D eigenvalue weighted by atomic mass is 35.5.